The Morgan fingerprint density at radius 2 is 2.40 bits per heavy atom. The highest BCUT2D eigenvalue weighted by Gasteiger charge is 2.20. The lowest BCUT2D eigenvalue weighted by atomic mass is 10.3. The van der Waals surface area contributed by atoms with Crippen LogP contribution in [-0.2, 0) is 6.54 Å². The highest BCUT2D eigenvalue weighted by atomic mass is 35.5. The summed E-state index contributed by atoms with van der Waals surface area (Å²) in [5.41, 5.74) is 0.558. The van der Waals surface area contributed by atoms with Gasteiger partial charge in [0, 0.05) is 0 Å². The summed E-state index contributed by atoms with van der Waals surface area (Å²) in [6.07, 6.45) is -0.978. The summed E-state index contributed by atoms with van der Waals surface area (Å²) >= 11 is 5.72. The molecule has 0 fully saturated rings. The van der Waals surface area contributed by atoms with Gasteiger partial charge in [-0.25, -0.2) is 9.78 Å². The number of ether oxygens (including phenoxy) is 1. The van der Waals surface area contributed by atoms with Crippen molar-refractivity contribution in [3.8, 4) is 5.75 Å². The number of carbonyl (C=O) groups is 1. The lowest BCUT2D eigenvalue weighted by Crippen LogP contribution is -2.31. The molecule has 1 aromatic heterocycles. The molecule has 0 atom stereocenters. The number of pyridine rings is 1. The SMILES string of the molecule is O=C(O)N1CCOc2ccc(Cl)nc2C1. The highest BCUT2D eigenvalue weighted by Crippen LogP contribution is 2.23. The minimum absolute atomic E-state index is 0.214. The van der Waals surface area contributed by atoms with Crippen molar-refractivity contribution in [2.24, 2.45) is 0 Å². The monoisotopic (exact) mass is 228 g/mol. The van der Waals surface area contributed by atoms with E-state index >= 15 is 0 Å². The van der Waals surface area contributed by atoms with Gasteiger partial charge < -0.3 is 9.84 Å². The predicted octanol–water partition coefficient (Wildman–Crippen LogP) is 1.61. The van der Waals surface area contributed by atoms with Crippen molar-refractivity contribution in [2.45, 2.75) is 6.54 Å². The number of fused-ring (bicyclic) bond motifs is 1. The van der Waals surface area contributed by atoms with E-state index in [0.29, 0.717) is 29.7 Å². The van der Waals surface area contributed by atoms with Gasteiger partial charge in [-0.3, -0.25) is 4.90 Å². The van der Waals surface area contributed by atoms with Crippen molar-refractivity contribution < 1.29 is 14.6 Å². The van der Waals surface area contributed by atoms with E-state index in [9.17, 15) is 4.79 Å². The summed E-state index contributed by atoms with van der Waals surface area (Å²) in [7, 11) is 0. The molecule has 0 saturated heterocycles. The Hall–Kier alpha value is -1.49. The third kappa shape index (κ3) is 2.12. The largest absolute Gasteiger partial charge is 0.490 e. The molecule has 2 rings (SSSR count). The van der Waals surface area contributed by atoms with Gasteiger partial charge in [0.25, 0.3) is 0 Å². The molecule has 0 aromatic carbocycles. The number of amides is 1. The van der Waals surface area contributed by atoms with Crippen LogP contribution in [-0.4, -0.2) is 34.2 Å². The van der Waals surface area contributed by atoms with Crippen molar-refractivity contribution in [1.82, 2.24) is 9.88 Å². The molecule has 80 valence electrons. The van der Waals surface area contributed by atoms with Crippen LogP contribution in [0, 0.1) is 0 Å². The molecule has 1 aromatic rings. The Morgan fingerprint density at radius 3 is 3.13 bits per heavy atom. The number of halogens is 1. The molecule has 0 aliphatic carbocycles. The summed E-state index contributed by atoms with van der Waals surface area (Å²) < 4.78 is 5.36. The summed E-state index contributed by atoms with van der Waals surface area (Å²) in [6, 6.07) is 3.33. The van der Waals surface area contributed by atoms with Crippen LogP contribution in [0.3, 0.4) is 0 Å². The number of rotatable bonds is 0. The second kappa shape index (κ2) is 3.94. The predicted molar refractivity (Wildman–Crippen MR) is 53.2 cm³/mol. The molecule has 15 heavy (non-hydrogen) atoms. The lowest BCUT2D eigenvalue weighted by molar-refractivity contribution is 0.137. The molecule has 0 radical (unpaired) electrons. The Balaban J connectivity index is 2.31. The van der Waals surface area contributed by atoms with Gasteiger partial charge >= 0.3 is 6.09 Å². The third-order valence-corrected chi connectivity index (χ3v) is 2.34. The van der Waals surface area contributed by atoms with Crippen molar-refractivity contribution in [1.29, 1.82) is 0 Å². The van der Waals surface area contributed by atoms with Crippen LogP contribution in [0.5, 0.6) is 5.75 Å². The molecule has 1 aliphatic rings. The first-order chi connectivity index (χ1) is 7.16. The first-order valence-electron chi connectivity index (χ1n) is 4.43. The maximum Gasteiger partial charge on any atom is 0.407 e. The van der Waals surface area contributed by atoms with E-state index in [0.717, 1.165) is 0 Å². The second-order valence-electron chi connectivity index (χ2n) is 3.13. The van der Waals surface area contributed by atoms with Crippen molar-refractivity contribution in [3.63, 3.8) is 0 Å². The maximum atomic E-state index is 10.8. The zero-order valence-electron chi connectivity index (χ0n) is 7.81. The zero-order chi connectivity index (χ0) is 10.8. The van der Waals surface area contributed by atoms with E-state index in [1.165, 1.54) is 4.90 Å². The molecule has 1 N–H and O–H groups in total. The van der Waals surface area contributed by atoms with Crippen LogP contribution in [0.15, 0.2) is 12.1 Å². The lowest BCUT2D eigenvalue weighted by Gasteiger charge is -2.14. The summed E-state index contributed by atoms with van der Waals surface area (Å²) in [5.74, 6) is 0.600. The van der Waals surface area contributed by atoms with Crippen molar-refractivity contribution in [3.05, 3.63) is 23.0 Å². The number of hydrogen-bond donors (Lipinski definition) is 1. The normalized spacial score (nSPS) is 15.1. The van der Waals surface area contributed by atoms with Crippen LogP contribution >= 0.6 is 11.6 Å². The summed E-state index contributed by atoms with van der Waals surface area (Å²) in [4.78, 5) is 16.1. The Morgan fingerprint density at radius 1 is 1.60 bits per heavy atom. The van der Waals surface area contributed by atoms with Gasteiger partial charge in [-0.2, -0.15) is 0 Å². The minimum Gasteiger partial charge on any atom is -0.490 e. The Bertz CT molecular complexity index is 397. The third-order valence-electron chi connectivity index (χ3n) is 2.13. The first kappa shape index (κ1) is 10.0. The van der Waals surface area contributed by atoms with Crippen molar-refractivity contribution in [2.75, 3.05) is 13.2 Å². The fourth-order valence-corrected chi connectivity index (χ4v) is 1.56. The van der Waals surface area contributed by atoms with E-state index in [4.69, 9.17) is 21.4 Å². The summed E-state index contributed by atoms with van der Waals surface area (Å²) in [6.45, 7) is 0.886. The van der Waals surface area contributed by atoms with E-state index in [1.807, 2.05) is 0 Å². The average Bonchev–Trinajstić information content (AvgIpc) is 2.39. The fraction of sp³-hybridized carbons (Fsp3) is 0.333. The standard InChI is InChI=1S/C9H9ClN2O3/c10-8-2-1-7-6(11-8)5-12(9(13)14)3-4-15-7/h1-2H,3-5H2,(H,13,14). The molecular weight excluding hydrogens is 220 g/mol. The van der Waals surface area contributed by atoms with Gasteiger partial charge in [0.05, 0.1) is 13.1 Å². The molecule has 0 unspecified atom stereocenters. The van der Waals surface area contributed by atoms with Crippen LogP contribution in [0.1, 0.15) is 5.69 Å². The highest BCUT2D eigenvalue weighted by molar-refractivity contribution is 6.29. The number of aromatic nitrogens is 1. The number of hydrogen-bond acceptors (Lipinski definition) is 3. The van der Waals surface area contributed by atoms with Gasteiger partial charge in [0.2, 0.25) is 0 Å². The van der Waals surface area contributed by atoms with Crippen LogP contribution < -0.4 is 4.74 Å². The first-order valence-corrected chi connectivity index (χ1v) is 4.80. The van der Waals surface area contributed by atoms with Gasteiger partial charge in [-0.15, -0.1) is 0 Å². The number of carboxylic acid groups (broad SMARTS) is 1. The molecule has 2 heterocycles. The molecule has 0 saturated carbocycles. The Labute approximate surface area is 91.2 Å². The van der Waals surface area contributed by atoms with Crippen molar-refractivity contribution >= 4 is 17.7 Å². The van der Waals surface area contributed by atoms with E-state index in [2.05, 4.69) is 4.98 Å². The van der Waals surface area contributed by atoms with Gasteiger partial charge in [0.1, 0.15) is 23.2 Å². The number of nitrogens with zero attached hydrogens (tertiary/aromatic N) is 2. The molecule has 0 bridgehead atoms. The zero-order valence-corrected chi connectivity index (χ0v) is 8.57. The van der Waals surface area contributed by atoms with Crippen LogP contribution in [0.2, 0.25) is 5.15 Å². The van der Waals surface area contributed by atoms with E-state index < -0.39 is 6.09 Å². The Kier molecular flexibility index (Phi) is 2.64. The van der Waals surface area contributed by atoms with E-state index in [1.54, 1.807) is 12.1 Å². The fourth-order valence-electron chi connectivity index (χ4n) is 1.40. The topological polar surface area (TPSA) is 62.7 Å². The van der Waals surface area contributed by atoms with Crippen LogP contribution in [0.4, 0.5) is 4.79 Å². The molecular formula is C9H9ClN2O3. The smallest absolute Gasteiger partial charge is 0.407 e. The van der Waals surface area contributed by atoms with Gasteiger partial charge in [-0.1, -0.05) is 11.6 Å². The quantitative estimate of drug-likeness (QED) is 0.686. The average molecular weight is 229 g/mol. The maximum absolute atomic E-state index is 10.8. The molecule has 0 spiro atoms. The van der Waals surface area contributed by atoms with Gasteiger partial charge in [-0.05, 0) is 12.1 Å². The van der Waals surface area contributed by atoms with Crippen LogP contribution in [0.25, 0.3) is 0 Å². The molecule has 1 aliphatic heterocycles. The second-order valence-corrected chi connectivity index (χ2v) is 3.52. The molecule has 6 heteroatoms. The van der Waals surface area contributed by atoms with Gasteiger partial charge in [0.15, 0.2) is 0 Å². The minimum atomic E-state index is -0.978. The van der Waals surface area contributed by atoms with E-state index in [-0.39, 0.29) is 6.54 Å². The molecule has 1 amide bonds. The molecule has 5 nitrogen and oxygen atoms in total. The summed E-state index contributed by atoms with van der Waals surface area (Å²) in [5, 5.41) is 9.21.